The molecule has 0 spiro atoms. The minimum atomic E-state index is -0.322. The number of fused-ring (bicyclic) bond motifs is 1. The number of nitrogens with one attached hydrogen (secondary N) is 1. The maximum atomic E-state index is 12.3. The molecule has 0 atom stereocenters. The molecule has 0 aliphatic heterocycles. The number of aromatic nitrogens is 2. The first-order valence-electron chi connectivity index (χ1n) is 7.00. The average molecular weight is 292 g/mol. The van der Waals surface area contributed by atoms with Gasteiger partial charge in [-0.05, 0) is 24.6 Å². The van der Waals surface area contributed by atoms with Gasteiger partial charge in [0.2, 0.25) is 0 Å². The van der Waals surface area contributed by atoms with Crippen LogP contribution in [-0.2, 0) is 6.54 Å². The molecule has 5 heteroatoms. The molecule has 3 rings (SSSR count). The Hall–Kier alpha value is -2.95. The molecule has 1 heterocycles. The minimum absolute atomic E-state index is 0.161. The van der Waals surface area contributed by atoms with E-state index in [0.717, 1.165) is 16.5 Å². The summed E-state index contributed by atoms with van der Waals surface area (Å²) in [5.41, 5.74) is 9.37. The smallest absolute Gasteiger partial charge is 0.274 e. The van der Waals surface area contributed by atoms with Crippen LogP contribution < -0.4 is 11.1 Å². The molecule has 0 fully saturated rings. The zero-order chi connectivity index (χ0) is 15.5. The number of carbonyl (C=O) groups is 1. The standard InChI is InChI=1S/C17H16N4O/c1-11-7-8-14-13(9-11)15(18)16(21-20-14)17(22)19-10-12-5-3-2-4-6-12/h2-9H,10H2,1H3,(H2,18,20)(H,19,22). The lowest BCUT2D eigenvalue weighted by Gasteiger charge is -2.08. The van der Waals surface area contributed by atoms with Gasteiger partial charge in [0.1, 0.15) is 0 Å². The van der Waals surface area contributed by atoms with Crippen LogP contribution in [0.25, 0.3) is 10.9 Å². The third kappa shape index (κ3) is 2.74. The highest BCUT2D eigenvalue weighted by Gasteiger charge is 2.15. The van der Waals surface area contributed by atoms with E-state index in [4.69, 9.17) is 5.73 Å². The SMILES string of the molecule is Cc1ccc2nnc(C(=O)NCc3ccccc3)c(N)c2c1. The summed E-state index contributed by atoms with van der Waals surface area (Å²) in [6.07, 6.45) is 0. The molecule has 5 nitrogen and oxygen atoms in total. The van der Waals surface area contributed by atoms with Gasteiger partial charge in [0.05, 0.1) is 11.2 Å². The highest BCUT2D eigenvalue weighted by molar-refractivity contribution is 6.04. The van der Waals surface area contributed by atoms with Gasteiger partial charge in [-0.1, -0.05) is 42.0 Å². The highest BCUT2D eigenvalue weighted by atomic mass is 16.1. The van der Waals surface area contributed by atoms with Crippen molar-refractivity contribution in [1.29, 1.82) is 0 Å². The van der Waals surface area contributed by atoms with E-state index in [-0.39, 0.29) is 11.6 Å². The Morgan fingerprint density at radius 1 is 1.14 bits per heavy atom. The van der Waals surface area contributed by atoms with Gasteiger partial charge in [0.25, 0.3) is 5.91 Å². The molecule has 1 amide bonds. The van der Waals surface area contributed by atoms with Gasteiger partial charge in [-0.25, -0.2) is 0 Å². The van der Waals surface area contributed by atoms with Crippen LogP contribution in [0.1, 0.15) is 21.6 Å². The first kappa shape index (κ1) is 14.0. The van der Waals surface area contributed by atoms with Gasteiger partial charge < -0.3 is 11.1 Å². The number of nitrogens with zero attached hydrogens (tertiary/aromatic N) is 2. The number of nitrogens with two attached hydrogens (primary N) is 1. The Morgan fingerprint density at radius 2 is 1.91 bits per heavy atom. The van der Waals surface area contributed by atoms with Crippen molar-refractivity contribution in [3.63, 3.8) is 0 Å². The predicted octanol–water partition coefficient (Wildman–Crippen LogP) is 2.45. The van der Waals surface area contributed by atoms with Crippen molar-refractivity contribution >= 4 is 22.5 Å². The molecule has 3 N–H and O–H groups in total. The van der Waals surface area contributed by atoms with Crippen molar-refractivity contribution in [2.45, 2.75) is 13.5 Å². The summed E-state index contributed by atoms with van der Waals surface area (Å²) in [5, 5.41) is 11.6. The Bertz CT molecular complexity index is 831. The van der Waals surface area contributed by atoms with Crippen LogP contribution >= 0.6 is 0 Å². The summed E-state index contributed by atoms with van der Waals surface area (Å²) in [5.74, 6) is -0.322. The fourth-order valence-corrected chi connectivity index (χ4v) is 2.27. The number of carbonyl (C=O) groups excluding carboxylic acids is 1. The Labute approximate surface area is 128 Å². The number of rotatable bonds is 3. The fraction of sp³-hybridized carbons (Fsp3) is 0.118. The lowest BCUT2D eigenvalue weighted by atomic mass is 10.1. The van der Waals surface area contributed by atoms with Crippen molar-refractivity contribution in [3.8, 4) is 0 Å². The molecule has 0 unspecified atom stereocenters. The van der Waals surface area contributed by atoms with Crippen molar-refractivity contribution in [2.24, 2.45) is 0 Å². The zero-order valence-electron chi connectivity index (χ0n) is 12.2. The Morgan fingerprint density at radius 3 is 2.68 bits per heavy atom. The van der Waals surface area contributed by atoms with Crippen LogP contribution in [-0.4, -0.2) is 16.1 Å². The van der Waals surface area contributed by atoms with Crippen LogP contribution in [0.3, 0.4) is 0 Å². The molecule has 0 bridgehead atoms. The monoisotopic (exact) mass is 292 g/mol. The van der Waals surface area contributed by atoms with Crippen LogP contribution in [0.4, 0.5) is 5.69 Å². The van der Waals surface area contributed by atoms with Crippen LogP contribution in [0.2, 0.25) is 0 Å². The van der Waals surface area contributed by atoms with E-state index in [1.807, 2.05) is 55.5 Å². The van der Waals surface area contributed by atoms with Gasteiger partial charge in [0, 0.05) is 11.9 Å². The molecule has 1 aromatic heterocycles. The van der Waals surface area contributed by atoms with E-state index in [2.05, 4.69) is 15.5 Å². The number of amides is 1. The van der Waals surface area contributed by atoms with E-state index in [0.29, 0.717) is 17.7 Å². The van der Waals surface area contributed by atoms with Crippen LogP contribution in [0.5, 0.6) is 0 Å². The molecule has 22 heavy (non-hydrogen) atoms. The number of hydrogen-bond acceptors (Lipinski definition) is 4. The molecular formula is C17H16N4O. The second kappa shape index (κ2) is 5.81. The molecule has 3 aromatic rings. The topological polar surface area (TPSA) is 80.9 Å². The second-order valence-corrected chi connectivity index (χ2v) is 5.15. The maximum absolute atomic E-state index is 12.3. The molecule has 110 valence electrons. The maximum Gasteiger partial charge on any atom is 0.274 e. The van der Waals surface area contributed by atoms with E-state index < -0.39 is 0 Å². The summed E-state index contributed by atoms with van der Waals surface area (Å²) in [7, 11) is 0. The zero-order valence-corrected chi connectivity index (χ0v) is 12.2. The number of benzene rings is 2. The summed E-state index contributed by atoms with van der Waals surface area (Å²) >= 11 is 0. The highest BCUT2D eigenvalue weighted by Crippen LogP contribution is 2.22. The summed E-state index contributed by atoms with van der Waals surface area (Å²) in [4.78, 5) is 12.3. The predicted molar refractivity (Wildman–Crippen MR) is 86.3 cm³/mol. The molecule has 2 aromatic carbocycles. The minimum Gasteiger partial charge on any atom is -0.396 e. The molecule has 0 saturated heterocycles. The molecule has 0 aliphatic rings. The summed E-state index contributed by atoms with van der Waals surface area (Å²) in [6, 6.07) is 15.4. The van der Waals surface area contributed by atoms with E-state index >= 15 is 0 Å². The van der Waals surface area contributed by atoms with Gasteiger partial charge in [0.15, 0.2) is 5.69 Å². The third-order valence-corrected chi connectivity index (χ3v) is 3.47. The first-order valence-corrected chi connectivity index (χ1v) is 7.00. The van der Waals surface area contributed by atoms with Crippen molar-refractivity contribution in [1.82, 2.24) is 15.5 Å². The van der Waals surface area contributed by atoms with Crippen molar-refractivity contribution < 1.29 is 4.79 Å². The van der Waals surface area contributed by atoms with E-state index in [1.165, 1.54) is 0 Å². The normalized spacial score (nSPS) is 10.6. The lowest BCUT2D eigenvalue weighted by molar-refractivity contribution is 0.0946. The van der Waals surface area contributed by atoms with Gasteiger partial charge in [-0.15, -0.1) is 10.2 Å². The largest absolute Gasteiger partial charge is 0.396 e. The quantitative estimate of drug-likeness (QED) is 0.777. The molecule has 0 radical (unpaired) electrons. The summed E-state index contributed by atoms with van der Waals surface area (Å²) < 4.78 is 0. The summed E-state index contributed by atoms with van der Waals surface area (Å²) in [6.45, 7) is 2.39. The van der Waals surface area contributed by atoms with Crippen molar-refractivity contribution in [2.75, 3.05) is 5.73 Å². The van der Waals surface area contributed by atoms with Gasteiger partial charge in [-0.2, -0.15) is 0 Å². The number of aryl methyl sites for hydroxylation is 1. The fourth-order valence-electron chi connectivity index (χ4n) is 2.27. The average Bonchev–Trinajstić information content (AvgIpc) is 2.54. The molecule has 0 saturated carbocycles. The Kier molecular flexibility index (Phi) is 3.70. The molecular weight excluding hydrogens is 276 g/mol. The number of hydrogen-bond donors (Lipinski definition) is 2. The van der Waals surface area contributed by atoms with Gasteiger partial charge >= 0.3 is 0 Å². The van der Waals surface area contributed by atoms with Crippen molar-refractivity contribution in [3.05, 3.63) is 65.4 Å². The lowest BCUT2D eigenvalue weighted by Crippen LogP contribution is -2.25. The first-order chi connectivity index (χ1) is 10.6. The van der Waals surface area contributed by atoms with E-state index in [1.54, 1.807) is 0 Å². The second-order valence-electron chi connectivity index (χ2n) is 5.15. The number of anilines is 1. The molecule has 0 aliphatic carbocycles. The third-order valence-electron chi connectivity index (χ3n) is 3.47. The van der Waals surface area contributed by atoms with Crippen LogP contribution in [0.15, 0.2) is 48.5 Å². The number of nitrogen functional groups attached to an aromatic ring is 1. The Balaban J connectivity index is 1.86. The van der Waals surface area contributed by atoms with Crippen LogP contribution in [0, 0.1) is 6.92 Å². The van der Waals surface area contributed by atoms with Gasteiger partial charge in [-0.3, -0.25) is 4.79 Å². The van der Waals surface area contributed by atoms with E-state index in [9.17, 15) is 4.79 Å².